The summed E-state index contributed by atoms with van der Waals surface area (Å²) >= 11 is 0. The minimum absolute atomic E-state index is 0.0196. The molecule has 0 unspecified atom stereocenters. The van der Waals surface area contributed by atoms with Gasteiger partial charge in [-0.1, -0.05) is 0 Å². The van der Waals surface area contributed by atoms with E-state index in [-0.39, 0.29) is 6.73 Å². The Morgan fingerprint density at radius 3 is 2.62 bits per heavy atom. The number of rotatable bonds is 3. The van der Waals surface area contributed by atoms with Gasteiger partial charge in [0.2, 0.25) is 0 Å². The van der Waals surface area contributed by atoms with E-state index in [0.29, 0.717) is 0 Å². The molecule has 1 rings (SSSR count). The van der Waals surface area contributed by atoms with Gasteiger partial charge in [0.1, 0.15) is 12.5 Å². The maximum absolute atomic E-state index is 8.90. The lowest BCUT2D eigenvalue weighted by molar-refractivity contribution is 0.298. The van der Waals surface area contributed by atoms with Gasteiger partial charge in [-0.05, 0) is 30.7 Å². The molecule has 0 aliphatic heterocycles. The highest BCUT2D eigenvalue weighted by Gasteiger charge is 2.02. The molecule has 0 fully saturated rings. The number of aliphatic hydroxyl groups excluding tert-OH is 1. The first-order chi connectivity index (χ1) is 6.19. The summed E-state index contributed by atoms with van der Waals surface area (Å²) in [6.07, 6.45) is 0. The van der Waals surface area contributed by atoms with E-state index in [4.69, 9.17) is 9.84 Å². The summed E-state index contributed by atoms with van der Waals surface area (Å²) in [6, 6.07) is 5.80. The molecule has 13 heavy (non-hydrogen) atoms. The van der Waals surface area contributed by atoms with Gasteiger partial charge in [0.05, 0.1) is 7.11 Å². The van der Waals surface area contributed by atoms with Crippen LogP contribution in [0.4, 0.5) is 5.69 Å². The molecular formula is C10H15NO2. The van der Waals surface area contributed by atoms with Gasteiger partial charge in [0.15, 0.2) is 0 Å². The molecule has 0 saturated carbocycles. The lowest BCUT2D eigenvalue weighted by Crippen LogP contribution is -2.17. The molecule has 0 heterocycles. The minimum atomic E-state index is 0.0196. The summed E-state index contributed by atoms with van der Waals surface area (Å²) < 4.78 is 5.13. The molecule has 0 bridgehead atoms. The van der Waals surface area contributed by atoms with Crippen LogP contribution in [0.1, 0.15) is 5.56 Å². The Labute approximate surface area is 78.6 Å². The predicted molar refractivity (Wildman–Crippen MR) is 53.2 cm³/mol. The van der Waals surface area contributed by atoms with Crippen LogP contribution in [0.3, 0.4) is 0 Å². The van der Waals surface area contributed by atoms with Crippen molar-refractivity contribution in [3.05, 3.63) is 23.8 Å². The highest BCUT2D eigenvalue weighted by molar-refractivity contribution is 5.51. The summed E-state index contributed by atoms with van der Waals surface area (Å²) in [5.41, 5.74) is 2.06. The first kappa shape index (κ1) is 9.86. The van der Waals surface area contributed by atoms with Gasteiger partial charge in [-0.25, -0.2) is 0 Å². The topological polar surface area (TPSA) is 32.7 Å². The fourth-order valence-corrected chi connectivity index (χ4v) is 1.18. The SMILES string of the molecule is COc1ccc(N(C)CO)cc1C. The predicted octanol–water partition coefficient (Wildman–Crippen LogP) is 1.39. The van der Waals surface area contributed by atoms with Crippen LogP contribution in [-0.4, -0.2) is 26.0 Å². The van der Waals surface area contributed by atoms with Crippen LogP contribution in [0.5, 0.6) is 5.75 Å². The summed E-state index contributed by atoms with van der Waals surface area (Å²) in [5.74, 6) is 0.870. The summed E-state index contributed by atoms with van der Waals surface area (Å²) in [5, 5.41) is 8.90. The Bertz CT molecular complexity index is 286. The van der Waals surface area contributed by atoms with E-state index in [1.165, 1.54) is 0 Å². The molecule has 0 aliphatic rings. The van der Waals surface area contributed by atoms with Crippen molar-refractivity contribution in [3.8, 4) is 5.75 Å². The number of anilines is 1. The molecule has 0 amide bonds. The van der Waals surface area contributed by atoms with Gasteiger partial charge < -0.3 is 14.7 Å². The molecular weight excluding hydrogens is 166 g/mol. The molecule has 3 nitrogen and oxygen atoms in total. The average Bonchev–Trinajstić information content (AvgIpc) is 2.16. The number of benzene rings is 1. The van der Waals surface area contributed by atoms with Crippen molar-refractivity contribution in [1.29, 1.82) is 0 Å². The molecule has 72 valence electrons. The Morgan fingerprint density at radius 1 is 1.46 bits per heavy atom. The van der Waals surface area contributed by atoms with Crippen molar-refractivity contribution in [3.63, 3.8) is 0 Å². The average molecular weight is 181 g/mol. The molecule has 1 aromatic rings. The van der Waals surface area contributed by atoms with Crippen LogP contribution in [0, 0.1) is 6.92 Å². The van der Waals surface area contributed by atoms with Crippen LogP contribution in [0.15, 0.2) is 18.2 Å². The van der Waals surface area contributed by atoms with Crippen molar-refractivity contribution in [2.45, 2.75) is 6.92 Å². The van der Waals surface area contributed by atoms with E-state index >= 15 is 0 Å². The number of methoxy groups -OCH3 is 1. The van der Waals surface area contributed by atoms with Crippen LogP contribution >= 0.6 is 0 Å². The third-order valence-electron chi connectivity index (χ3n) is 2.03. The van der Waals surface area contributed by atoms with E-state index in [1.54, 1.807) is 12.0 Å². The molecule has 1 aromatic carbocycles. The van der Waals surface area contributed by atoms with E-state index in [1.807, 2.05) is 32.2 Å². The third-order valence-corrected chi connectivity index (χ3v) is 2.03. The number of ether oxygens (including phenoxy) is 1. The van der Waals surface area contributed by atoms with E-state index in [9.17, 15) is 0 Å². The van der Waals surface area contributed by atoms with Crippen molar-refractivity contribution in [2.24, 2.45) is 0 Å². The monoisotopic (exact) mass is 181 g/mol. The second-order valence-electron chi connectivity index (χ2n) is 2.99. The zero-order chi connectivity index (χ0) is 9.84. The van der Waals surface area contributed by atoms with Crippen LogP contribution in [0.2, 0.25) is 0 Å². The number of hydrogen-bond acceptors (Lipinski definition) is 3. The molecule has 0 radical (unpaired) electrons. The molecule has 1 N–H and O–H groups in total. The van der Waals surface area contributed by atoms with Gasteiger partial charge in [-0.2, -0.15) is 0 Å². The molecule has 3 heteroatoms. The highest BCUT2D eigenvalue weighted by Crippen LogP contribution is 2.22. The normalized spacial score (nSPS) is 9.85. The molecule has 0 spiro atoms. The van der Waals surface area contributed by atoms with E-state index < -0.39 is 0 Å². The van der Waals surface area contributed by atoms with Crippen LogP contribution in [0.25, 0.3) is 0 Å². The van der Waals surface area contributed by atoms with Gasteiger partial charge in [-0.3, -0.25) is 0 Å². The zero-order valence-electron chi connectivity index (χ0n) is 8.24. The zero-order valence-corrected chi connectivity index (χ0v) is 8.24. The second-order valence-corrected chi connectivity index (χ2v) is 2.99. The molecule has 0 saturated heterocycles. The smallest absolute Gasteiger partial charge is 0.121 e. The third kappa shape index (κ3) is 2.12. The van der Waals surface area contributed by atoms with Crippen LogP contribution in [-0.2, 0) is 0 Å². The maximum atomic E-state index is 8.90. The van der Waals surface area contributed by atoms with E-state index in [2.05, 4.69) is 0 Å². The van der Waals surface area contributed by atoms with E-state index in [0.717, 1.165) is 17.0 Å². The maximum Gasteiger partial charge on any atom is 0.121 e. The number of hydrogen-bond donors (Lipinski definition) is 1. The van der Waals surface area contributed by atoms with Gasteiger partial charge >= 0.3 is 0 Å². The fourth-order valence-electron chi connectivity index (χ4n) is 1.18. The highest BCUT2D eigenvalue weighted by atomic mass is 16.5. The first-order valence-corrected chi connectivity index (χ1v) is 4.15. The van der Waals surface area contributed by atoms with Gasteiger partial charge in [0.25, 0.3) is 0 Å². The van der Waals surface area contributed by atoms with Gasteiger partial charge in [-0.15, -0.1) is 0 Å². The quantitative estimate of drug-likeness (QED) is 0.715. The fraction of sp³-hybridized carbons (Fsp3) is 0.400. The van der Waals surface area contributed by atoms with Crippen molar-refractivity contribution in [2.75, 3.05) is 25.8 Å². The first-order valence-electron chi connectivity index (χ1n) is 4.15. The summed E-state index contributed by atoms with van der Waals surface area (Å²) in [4.78, 5) is 1.76. The van der Waals surface area contributed by atoms with Crippen molar-refractivity contribution in [1.82, 2.24) is 0 Å². The Balaban J connectivity index is 2.95. The van der Waals surface area contributed by atoms with Gasteiger partial charge in [0, 0.05) is 12.7 Å². The van der Waals surface area contributed by atoms with Crippen LogP contribution < -0.4 is 9.64 Å². The largest absolute Gasteiger partial charge is 0.496 e. The number of aryl methyl sites for hydroxylation is 1. The lowest BCUT2D eigenvalue weighted by atomic mass is 10.2. The second kappa shape index (κ2) is 4.14. The number of nitrogens with zero attached hydrogens (tertiary/aromatic N) is 1. The summed E-state index contributed by atoms with van der Waals surface area (Å²) in [7, 11) is 3.49. The molecule has 0 aromatic heterocycles. The standard InChI is InChI=1S/C10H15NO2/c1-8-6-9(11(2)7-12)4-5-10(8)13-3/h4-6,12H,7H2,1-3H3. The lowest BCUT2D eigenvalue weighted by Gasteiger charge is -2.17. The Kier molecular flexibility index (Phi) is 3.14. The van der Waals surface area contributed by atoms with Crippen molar-refractivity contribution >= 4 is 5.69 Å². The molecule has 0 atom stereocenters. The molecule has 0 aliphatic carbocycles. The Morgan fingerprint density at radius 2 is 2.15 bits per heavy atom. The summed E-state index contributed by atoms with van der Waals surface area (Å²) in [6.45, 7) is 2.00. The Hall–Kier alpha value is -1.22. The minimum Gasteiger partial charge on any atom is -0.496 e. The van der Waals surface area contributed by atoms with Crippen molar-refractivity contribution < 1.29 is 9.84 Å². The number of aliphatic hydroxyl groups is 1.